The van der Waals surface area contributed by atoms with Crippen LogP contribution >= 0.6 is 0 Å². The van der Waals surface area contributed by atoms with E-state index in [2.05, 4.69) is 9.97 Å². The van der Waals surface area contributed by atoms with Crippen LogP contribution in [0.4, 0.5) is 10.2 Å². The Morgan fingerprint density at radius 2 is 1.93 bits per heavy atom. The second kappa shape index (κ2) is 4.73. The Hall–Kier alpha value is -2.21. The Balaban J connectivity index is 2.89. The number of hydrogen-bond acceptors (Lipinski definition) is 5. The van der Waals surface area contributed by atoms with E-state index in [1.54, 1.807) is 0 Å². The van der Waals surface area contributed by atoms with Crippen LogP contribution in [-0.2, 0) is 0 Å². The van der Waals surface area contributed by atoms with Crippen LogP contribution in [0, 0.1) is 28.6 Å². The fourth-order valence-corrected chi connectivity index (χ4v) is 0.886. The zero-order valence-corrected chi connectivity index (χ0v) is 7.18. The summed E-state index contributed by atoms with van der Waals surface area (Å²) in [5.74, 6) is -0.448. The van der Waals surface area contributed by atoms with Gasteiger partial charge in [0.05, 0.1) is 12.1 Å². The van der Waals surface area contributed by atoms with Crippen LogP contribution in [0.15, 0.2) is 12.4 Å². The van der Waals surface area contributed by atoms with Gasteiger partial charge in [0, 0.05) is 6.07 Å². The number of halogens is 1. The van der Waals surface area contributed by atoms with Gasteiger partial charge in [-0.1, -0.05) is 0 Å². The van der Waals surface area contributed by atoms with Crippen molar-refractivity contribution in [2.75, 3.05) is 18.0 Å². The standard InChI is InChI=1S/C8H6FN5/c9-7-5-8(13-6-12-7)14(3-1-10)4-2-11/h5-6H,3-4H2. The molecule has 0 bridgehead atoms. The molecule has 0 N–H and O–H groups in total. The molecular formula is C8H6FN5. The lowest BCUT2D eigenvalue weighted by Crippen LogP contribution is -2.24. The fraction of sp³-hybridized carbons (Fsp3) is 0.250. The molecule has 1 aromatic rings. The average Bonchev–Trinajstić information content (AvgIpc) is 2.17. The summed E-state index contributed by atoms with van der Waals surface area (Å²) in [5.41, 5.74) is 0. The van der Waals surface area contributed by atoms with Gasteiger partial charge in [-0.15, -0.1) is 0 Å². The monoisotopic (exact) mass is 191 g/mol. The number of hydrogen-bond donors (Lipinski definition) is 0. The van der Waals surface area contributed by atoms with Gasteiger partial charge in [-0.05, 0) is 0 Å². The van der Waals surface area contributed by atoms with Crippen molar-refractivity contribution in [3.05, 3.63) is 18.3 Å². The molecule has 1 rings (SSSR count). The first kappa shape index (κ1) is 9.87. The van der Waals surface area contributed by atoms with E-state index < -0.39 is 5.95 Å². The van der Waals surface area contributed by atoms with Gasteiger partial charge in [0.25, 0.3) is 0 Å². The van der Waals surface area contributed by atoms with Crippen LogP contribution in [-0.4, -0.2) is 23.1 Å². The van der Waals surface area contributed by atoms with E-state index in [4.69, 9.17) is 10.5 Å². The highest BCUT2D eigenvalue weighted by Gasteiger charge is 2.07. The molecule has 0 aromatic carbocycles. The van der Waals surface area contributed by atoms with Gasteiger partial charge in [-0.3, -0.25) is 0 Å². The zero-order valence-electron chi connectivity index (χ0n) is 7.18. The quantitative estimate of drug-likeness (QED) is 0.512. The molecule has 0 saturated carbocycles. The minimum atomic E-state index is -0.684. The average molecular weight is 191 g/mol. The van der Waals surface area contributed by atoms with E-state index in [1.165, 1.54) is 4.90 Å². The highest BCUT2D eigenvalue weighted by Crippen LogP contribution is 2.08. The number of nitrogens with zero attached hydrogens (tertiary/aromatic N) is 5. The third-order valence-electron chi connectivity index (χ3n) is 1.47. The van der Waals surface area contributed by atoms with E-state index in [1.807, 2.05) is 12.1 Å². The van der Waals surface area contributed by atoms with Gasteiger partial charge in [-0.25, -0.2) is 9.97 Å². The minimum Gasteiger partial charge on any atom is -0.330 e. The third kappa shape index (κ3) is 2.39. The van der Waals surface area contributed by atoms with Crippen LogP contribution < -0.4 is 4.90 Å². The first-order valence-electron chi connectivity index (χ1n) is 3.74. The molecule has 0 spiro atoms. The molecule has 0 aliphatic heterocycles. The Bertz CT molecular complexity index is 375. The molecule has 0 radical (unpaired) electrons. The molecular weight excluding hydrogens is 185 g/mol. The molecule has 14 heavy (non-hydrogen) atoms. The lowest BCUT2D eigenvalue weighted by molar-refractivity contribution is 0.578. The SMILES string of the molecule is N#CCN(CC#N)c1cc(F)ncn1. The second-order valence-corrected chi connectivity index (χ2v) is 2.37. The molecule has 0 aliphatic rings. The van der Waals surface area contributed by atoms with Crippen molar-refractivity contribution in [3.8, 4) is 12.1 Å². The summed E-state index contributed by atoms with van der Waals surface area (Å²) >= 11 is 0. The van der Waals surface area contributed by atoms with Crippen molar-refractivity contribution in [2.45, 2.75) is 0 Å². The Kier molecular flexibility index (Phi) is 3.33. The highest BCUT2D eigenvalue weighted by molar-refractivity contribution is 5.39. The molecule has 0 unspecified atom stereocenters. The topological polar surface area (TPSA) is 76.6 Å². The van der Waals surface area contributed by atoms with E-state index in [0.717, 1.165) is 12.4 Å². The lowest BCUT2D eigenvalue weighted by Gasteiger charge is -2.15. The molecule has 1 aromatic heterocycles. The van der Waals surface area contributed by atoms with Crippen LogP contribution in [0.2, 0.25) is 0 Å². The van der Waals surface area contributed by atoms with Crippen molar-refractivity contribution >= 4 is 5.82 Å². The smallest absolute Gasteiger partial charge is 0.218 e. The summed E-state index contributed by atoms with van der Waals surface area (Å²) in [7, 11) is 0. The Morgan fingerprint density at radius 3 is 2.43 bits per heavy atom. The molecule has 0 atom stereocenters. The summed E-state index contributed by atoms with van der Waals surface area (Å²) in [6.07, 6.45) is 1.05. The third-order valence-corrected chi connectivity index (χ3v) is 1.47. The summed E-state index contributed by atoms with van der Waals surface area (Å²) in [6.45, 7) is -0.0198. The molecule has 0 fully saturated rings. The maximum atomic E-state index is 12.7. The van der Waals surface area contributed by atoms with Crippen LogP contribution in [0.3, 0.4) is 0 Å². The number of aromatic nitrogens is 2. The van der Waals surface area contributed by atoms with Gasteiger partial charge in [-0.2, -0.15) is 14.9 Å². The molecule has 0 aliphatic carbocycles. The molecule has 70 valence electrons. The van der Waals surface area contributed by atoms with Crippen molar-refractivity contribution in [2.24, 2.45) is 0 Å². The van der Waals surface area contributed by atoms with Gasteiger partial charge in [0.2, 0.25) is 5.95 Å². The van der Waals surface area contributed by atoms with E-state index in [9.17, 15) is 4.39 Å². The van der Waals surface area contributed by atoms with Crippen LogP contribution in [0.5, 0.6) is 0 Å². The second-order valence-electron chi connectivity index (χ2n) is 2.37. The first-order valence-corrected chi connectivity index (χ1v) is 3.74. The van der Waals surface area contributed by atoms with Crippen LogP contribution in [0.1, 0.15) is 0 Å². The minimum absolute atomic E-state index is 0.00991. The largest absolute Gasteiger partial charge is 0.330 e. The number of rotatable bonds is 3. The molecule has 5 nitrogen and oxygen atoms in total. The van der Waals surface area contributed by atoms with E-state index in [0.29, 0.717) is 0 Å². The zero-order chi connectivity index (χ0) is 10.4. The number of nitriles is 2. The summed E-state index contributed by atoms with van der Waals surface area (Å²) < 4.78 is 12.7. The van der Waals surface area contributed by atoms with Gasteiger partial charge >= 0.3 is 0 Å². The first-order chi connectivity index (χ1) is 6.77. The van der Waals surface area contributed by atoms with Gasteiger partial charge in [0.1, 0.15) is 25.2 Å². The Morgan fingerprint density at radius 1 is 1.29 bits per heavy atom. The Labute approximate surface area is 80.0 Å². The highest BCUT2D eigenvalue weighted by atomic mass is 19.1. The summed E-state index contributed by atoms with van der Waals surface area (Å²) in [4.78, 5) is 8.37. The molecule has 6 heteroatoms. The van der Waals surface area contributed by atoms with Crippen LogP contribution in [0.25, 0.3) is 0 Å². The van der Waals surface area contributed by atoms with Crippen molar-refractivity contribution in [1.82, 2.24) is 9.97 Å². The lowest BCUT2D eigenvalue weighted by atomic mass is 10.4. The van der Waals surface area contributed by atoms with Crippen molar-refractivity contribution in [3.63, 3.8) is 0 Å². The van der Waals surface area contributed by atoms with Gasteiger partial charge < -0.3 is 4.90 Å². The summed E-state index contributed by atoms with van der Waals surface area (Å²) in [6, 6.07) is 4.80. The molecule has 0 saturated heterocycles. The number of anilines is 1. The van der Waals surface area contributed by atoms with Crippen molar-refractivity contribution in [1.29, 1.82) is 10.5 Å². The fourth-order valence-electron chi connectivity index (χ4n) is 0.886. The van der Waals surface area contributed by atoms with Crippen molar-refractivity contribution < 1.29 is 4.39 Å². The maximum Gasteiger partial charge on any atom is 0.218 e. The van der Waals surface area contributed by atoms with E-state index in [-0.39, 0.29) is 18.9 Å². The van der Waals surface area contributed by atoms with Gasteiger partial charge in [0.15, 0.2) is 0 Å². The molecule has 0 amide bonds. The normalized spacial score (nSPS) is 8.79. The predicted molar refractivity (Wildman–Crippen MR) is 45.4 cm³/mol. The molecule has 1 heterocycles. The summed E-state index contributed by atoms with van der Waals surface area (Å²) in [5, 5.41) is 16.9. The maximum absolute atomic E-state index is 12.7. The predicted octanol–water partition coefficient (Wildman–Crippen LogP) is 0.469. The van der Waals surface area contributed by atoms with E-state index >= 15 is 0 Å².